The SMILES string of the molecule is C#CCOCCOCCOCCNc1nc(N2CCN(C(=O)[C@H]([C@@H](C)CC)n3cc(CCCCN)nn3)CC2)nc(N2CCN(C(=O)[C@H](CCCCN)n3cc(CCCC)nn3)CC2)n1.Cl. The minimum absolute atomic E-state index is 0. The molecular formula is C44H75ClN16O5. The van der Waals surface area contributed by atoms with Gasteiger partial charge in [-0.1, -0.05) is 50.0 Å². The summed E-state index contributed by atoms with van der Waals surface area (Å²) in [6.07, 6.45) is 17.7. The van der Waals surface area contributed by atoms with Gasteiger partial charge >= 0.3 is 0 Å². The summed E-state index contributed by atoms with van der Waals surface area (Å²) in [6.45, 7) is 14.6. The van der Waals surface area contributed by atoms with Crippen molar-refractivity contribution in [1.82, 2.24) is 54.7 Å². The number of piperazine rings is 2. The number of terminal acetylenes is 1. The Kier molecular flexibility index (Phi) is 24.4. The van der Waals surface area contributed by atoms with Crippen molar-refractivity contribution in [3.8, 4) is 12.3 Å². The molecule has 2 fully saturated rings. The number of anilines is 3. The van der Waals surface area contributed by atoms with Gasteiger partial charge in [0.05, 0.1) is 44.4 Å². The molecule has 3 aromatic heterocycles. The van der Waals surface area contributed by atoms with Crippen LogP contribution in [0.15, 0.2) is 12.4 Å². The standard InChI is InChI=1S/C44H74N16O5.ClH/c1-5-8-13-36-33-59(53-51-36)38(15-10-12-17-46)40(61)55-19-23-57(24-20-55)43-48-42(47-18-28-64-30-32-65-31-29-63-27-6-2)49-44(50-43)58-25-21-56(22-26-58)41(62)39(35(4)7-3)60-34-37(52-54-60)14-9-11-16-45;/h2,33-35,38-39H,5,7-32,45-46H2,1,3-4H3,(H,47,48,49,50);1H/t35-,38-,39-;/m0./s1. The Labute approximate surface area is 396 Å². The van der Waals surface area contributed by atoms with E-state index in [4.69, 9.17) is 47.1 Å². The van der Waals surface area contributed by atoms with Crippen LogP contribution in [0.1, 0.15) is 95.6 Å². The molecule has 3 atom stereocenters. The molecule has 66 heavy (non-hydrogen) atoms. The fourth-order valence-corrected chi connectivity index (χ4v) is 7.82. The van der Waals surface area contributed by atoms with Crippen molar-refractivity contribution in [2.24, 2.45) is 17.4 Å². The maximum Gasteiger partial charge on any atom is 0.247 e. The Morgan fingerprint density at radius 2 is 1.27 bits per heavy atom. The fraction of sp³-hybridized carbons (Fsp3) is 0.750. The molecule has 0 aromatic carbocycles. The monoisotopic (exact) mass is 943 g/mol. The van der Waals surface area contributed by atoms with Gasteiger partial charge < -0.3 is 50.6 Å². The van der Waals surface area contributed by atoms with Crippen LogP contribution in [0.2, 0.25) is 0 Å². The summed E-state index contributed by atoms with van der Waals surface area (Å²) >= 11 is 0. The molecule has 0 unspecified atom stereocenters. The highest BCUT2D eigenvalue weighted by atomic mass is 35.5. The van der Waals surface area contributed by atoms with Gasteiger partial charge in [0.1, 0.15) is 18.7 Å². The van der Waals surface area contributed by atoms with Gasteiger partial charge in [-0.2, -0.15) is 15.0 Å². The predicted molar refractivity (Wildman–Crippen MR) is 256 cm³/mol. The van der Waals surface area contributed by atoms with Crippen LogP contribution in [0.4, 0.5) is 17.8 Å². The first-order valence-electron chi connectivity index (χ1n) is 23.8. The predicted octanol–water partition coefficient (Wildman–Crippen LogP) is 2.15. The molecule has 5 heterocycles. The zero-order valence-corrected chi connectivity index (χ0v) is 40.3. The van der Waals surface area contributed by atoms with Gasteiger partial charge in [-0.05, 0) is 70.4 Å². The Bertz CT molecular complexity index is 1880. The fourth-order valence-electron chi connectivity index (χ4n) is 7.82. The number of amides is 2. The second-order valence-corrected chi connectivity index (χ2v) is 16.7. The van der Waals surface area contributed by atoms with Gasteiger partial charge in [-0.3, -0.25) is 9.59 Å². The van der Waals surface area contributed by atoms with Gasteiger partial charge in [-0.15, -0.1) is 29.0 Å². The number of nitrogens with zero attached hydrogens (tertiary/aromatic N) is 13. The highest BCUT2D eigenvalue weighted by molar-refractivity contribution is 5.85. The maximum absolute atomic E-state index is 14.2. The molecule has 2 aliphatic heterocycles. The molecule has 5 rings (SSSR count). The zero-order chi connectivity index (χ0) is 46.2. The van der Waals surface area contributed by atoms with Gasteiger partial charge in [0.25, 0.3) is 0 Å². The lowest BCUT2D eigenvalue weighted by molar-refractivity contribution is -0.137. The number of aromatic nitrogens is 9. The molecule has 0 spiro atoms. The summed E-state index contributed by atoms with van der Waals surface area (Å²) in [5, 5.41) is 20.9. The van der Waals surface area contributed by atoms with Gasteiger partial charge in [0.15, 0.2) is 0 Å². The van der Waals surface area contributed by atoms with Crippen LogP contribution in [0.5, 0.6) is 0 Å². The number of aryl methyl sites for hydroxylation is 2. The summed E-state index contributed by atoms with van der Waals surface area (Å²) in [7, 11) is 0. The van der Waals surface area contributed by atoms with Crippen LogP contribution < -0.4 is 26.6 Å². The molecule has 21 nitrogen and oxygen atoms in total. The van der Waals surface area contributed by atoms with Crippen molar-refractivity contribution in [2.45, 2.75) is 97.1 Å². The average molecular weight is 944 g/mol. The van der Waals surface area contributed by atoms with E-state index in [1.165, 1.54) is 0 Å². The van der Waals surface area contributed by atoms with E-state index in [-0.39, 0.29) is 36.7 Å². The Morgan fingerprint density at radius 3 is 1.86 bits per heavy atom. The Morgan fingerprint density at radius 1 is 0.727 bits per heavy atom. The van der Waals surface area contributed by atoms with Crippen molar-refractivity contribution < 1.29 is 23.8 Å². The number of halogens is 1. The average Bonchev–Trinajstić information content (AvgIpc) is 4.01. The lowest BCUT2D eigenvalue weighted by atomic mass is 9.97. The lowest BCUT2D eigenvalue weighted by Crippen LogP contribution is -2.52. The number of nitrogens with one attached hydrogen (secondary N) is 1. The first-order chi connectivity index (χ1) is 31.8. The van der Waals surface area contributed by atoms with Crippen molar-refractivity contribution in [3.05, 3.63) is 23.8 Å². The second-order valence-electron chi connectivity index (χ2n) is 16.7. The normalized spacial score (nSPS) is 15.6. The highest BCUT2D eigenvalue weighted by Gasteiger charge is 2.35. The number of ether oxygens (including phenoxy) is 3. The van der Waals surface area contributed by atoms with Crippen LogP contribution in [0.25, 0.3) is 0 Å². The van der Waals surface area contributed by atoms with Crippen LogP contribution in [0.3, 0.4) is 0 Å². The molecule has 5 N–H and O–H groups in total. The third-order valence-corrected chi connectivity index (χ3v) is 11.9. The smallest absolute Gasteiger partial charge is 0.247 e. The molecule has 0 aliphatic carbocycles. The topological polar surface area (TPSA) is 239 Å². The largest absolute Gasteiger partial charge is 0.377 e. The number of unbranched alkanes of at least 4 members (excludes halogenated alkanes) is 3. The quantitative estimate of drug-likeness (QED) is 0.0641. The summed E-state index contributed by atoms with van der Waals surface area (Å²) < 4.78 is 20.1. The molecule has 0 saturated carbocycles. The highest BCUT2D eigenvalue weighted by Crippen LogP contribution is 2.26. The van der Waals surface area contributed by atoms with Gasteiger partial charge in [0, 0.05) is 71.3 Å². The number of carbonyl (C=O) groups is 2. The number of carbonyl (C=O) groups excluding carboxylic acids is 2. The summed E-state index contributed by atoms with van der Waals surface area (Å²) in [6, 6.07) is -0.891. The second kappa shape index (κ2) is 29.8. The number of nitrogens with two attached hydrogens (primary N) is 2. The van der Waals surface area contributed by atoms with Gasteiger partial charge in [-0.25, -0.2) is 9.36 Å². The summed E-state index contributed by atoms with van der Waals surface area (Å²) in [4.78, 5) is 51.0. The maximum atomic E-state index is 14.2. The van der Waals surface area contributed by atoms with E-state index in [1.54, 1.807) is 9.36 Å². The lowest BCUT2D eigenvalue weighted by Gasteiger charge is -2.38. The van der Waals surface area contributed by atoms with E-state index in [1.807, 2.05) is 22.2 Å². The van der Waals surface area contributed by atoms with E-state index in [0.717, 1.165) is 69.2 Å². The molecule has 2 aliphatic rings. The van der Waals surface area contributed by atoms with E-state index in [9.17, 15) is 9.59 Å². The molecule has 3 aromatic rings. The van der Waals surface area contributed by atoms with Crippen molar-refractivity contribution >= 4 is 42.1 Å². The summed E-state index contributed by atoms with van der Waals surface area (Å²) in [5.41, 5.74) is 13.3. The van der Waals surface area contributed by atoms with Crippen molar-refractivity contribution in [1.29, 1.82) is 0 Å². The van der Waals surface area contributed by atoms with Crippen molar-refractivity contribution in [3.63, 3.8) is 0 Å². The van der Waals surface area contributed by atoms with Gasteiger partial charge in [0.2, 0.25) is 29.7 Å². The first kappa shape index (κ1) is 53.9. The van der Waals surface area contributed by atoms with Crippen LogP contribution in [-0.2, 0) is 36.6 Å². The number of hydrogen-bond acceptors (Lipinski definition) is 17. The third-order valence-electron chi connectivity index (χ3n) is 11.9. The van der Waals surface area contributed by atoms with Crippen molar-refractivity contribution in [2.75, 3.05) is 127 Å². The molecule has 2 saturated heterocycles. The van der Waals surface area contributed by atoms with E-state index in [2.05, 4.69) is 62.4 Å². The third kappa shape index (κ3) is 16.6. The number of hydrogen-bond donors (Lipinski definition) is 3. The Balaban J connectivity index is 0.00000952. The molecule has 22 heteroatoms. The Hall–Kier alpha value is -4.72. The first-order valence-corrected chi connectivity index (χ1v) is 23.8. The van der Waals surface area contributed by atoms with E-state index in [0.29, 0.717) is 129 Å². The molecule has 0 bridgehead atoms. The van der Waals surface area contributed by atoms with Crippen LogP contribution in [-0.4, -0.2) is 178 Å². The van der Waals surface area contributed by atoms with E-state index >= 15 is 0 Å². The molecule has 0 radical (unpaired) electrons. The minimum atomic E-state index is -0.449. The minimum Gasteiger partial charge on any atom is -0.377 e. The molecule has 368 valence electrons. The summed E-state index contributed by atoms with van der Waals surface area (Å²) in [5.74, 6) is 4.03. The van der Waals surface area contributed by atoms with Crippen LogP contribution in [0, 0.1) is 18.3 Å². The van der Waals surface area contributed by atoms with Crippen LogP contribution >= 0.6 is 12.4 Å². The molecule has 2 amide bonds. The van der Waals surface area contributed by atoms with E-state index < -0.39 is 12.1 Å². The number of rotatable bonds is 30. The zero-order valence-electron chi connectivity index (χ0n) is 39.5. The molecular weight excluding hydrogens is 868 g/mol.